The van der Waals surface area contributed by atoms with Crippen LogP contribution >= 0.6 is 11.5 Å². The molecule has 0 amide bonds. The standard InChI is InChI=1S/C10H17N3OS/c1-2-4-11-10(8-3-5-14-7-8)9-6-12-13-15-9/h6,8,10-11H,2-5,7H2,1H3. The monoisotopic (exact) mass is 227 g/mol. The van der Waals surface area contributed by atoms with Gasteiger partial charge in [-0.3, -0.25) is 0 Å². The summed E-state index contributed by atoms with van der Waals surface area (Å²) in [6.07, 6.45) is 4.16. The maximum absolute atomic E-state index is 5.44. The Morgan fingerprint density at radius 1 is 1.73 bits per heavy atom. The minimum atomic E-state index is 0.382. The van der Waals surface area contributed by atoms with Crippen LogP contribution in [0.4, 0.5) is 0 Å². The Balaban J connectivity index is 2.01. The van der Waals surface area contributed by atoms with Gasteiger partial charge >= 0.3 is 0 Å². The van der Waals surface area contributed by atoms with Crippen molar-refractivity contribution in [2.45, 2.75) is 25.8 Å². The van der Waals surface area contributed by atoms with Crippen LogP contribution < -0.4 is 5.32 Å². The summed E-state index contributed by atoms with van der Waals surface area (Å²) in [5.74, 6) is 0.582. The highest BCUT2D eigenvalue weighted by Gasteiger charge is 2.27. The summed E-state index contributed by atoms with van der Waals surface area (Å²) in [5, 5.41) is 7.47. The molecule has 0 aliphatic carbocycles. The highest BCUT2D eigenvalue weighted by Crippen LogP contribution is 2.29. The third-order valence-electron chi connectivity index (χ3n) is 2.74. The lowest BCUT2D eigenvalue weighted by molar-refractivity contribution is 0.177. The van der Waals surface area contributed by atoms with Gasteiger partial charge in [-0.1, -0.05) is 11.4 Å². The van der Waals surface area contributed by atoms with Crippen molar-refractivity contribution in [3.05, 3.63) is 11.1 Å². The number of aromatic nitrogens is 2. The van der Waals surface area contributed by atoms with E-state index in [0.717, 1.165) is 32.6 Å². The summed E-state index contributed by atoms with van der Waals surface area (Å²) >= 11 is 1.49. The number of hydrogen-bond donors (Lipinski definition) is 1. The van der Waals surface area contributed by atoms with Crippen LogP contribution in [0.3, 0.4) is 0 Å². The van der Waals surface area contributed by atoms with Crippen LogP contribution in [-0.4, -0.2) is 29.3 Å². The molecule has 1 aromatic rings. The van der Waals surface area contributed by atoms with Gasteiger partial charge in [0.2, 0.25) is 0 Å². The molecule has 2 unspecified atom stereocenters. The van der Waals surface area contributed by atoms with E-state index in [1.807, 2.05) is 6.20 Å². The summed E-state index contributed by atoms with van der Waals surface area (Å²) in [5.41, 5.74) is 0. The molecule has 1 fully saturated rings. The first-order valence-corrected chi connectivity index (χ1v) is 6.27. The molecule has 84 valence electrons. The second-order valence-electron chi connectivity index (χ2n) is 3.88. The van der Waals surface area contributed by atoms with Crippen LogP contribution in [0.5, 0.6) is 0 Å². The van der Waals surface area contributed by atoms with Crippen molar-refractivity contribution in [2.24, 2.45) is 5.92 Å². The van der Waals surface area contributed by atoms with E-state index in [2.05, 4.69) is 21.8 Å². The predicted octanol–water partition coefficient (Wildman–Crippen LogP) is 1.62. The zero-order chi connectivity index (χ0) is 10.5. The van der Waals surface area contributed by atoms with Crippen molar-refractivity contribution < 1.29 is 4.74 Å². The van der Waals surface area contributed by atoms with Crippen LogP contribution in [0, 0.1) is 5.92 Å². The molecule has 0 aromatic carbocycles. The molecule has 2 atom stereocenters. The molecule has 0 spiro atoms. The smallest absolute Gasteiger partial charge is 0.0669 e. The fourth-order valence-electron chi connectivity index (χ4n) is 1.93. The normalized spacial score (nSPS) is 23.1. The molecule has 2 heterocycles. The zero-order valence-electron chi connectivity index (χ0n) is 8.98. The molecule has 4 nitrogen and oxygen atoms in total. The van der Waals surface area contributed by atoms with Gasteiger partial charge in [-0.25, -0.2) is 0 Å². The fourth-order valence-corrected chi connectivity index (χ4v) is 2.60. The SMILES string of the molecule is CCCNC(c1cnns1)C1CCOC1. The lowest BCUT2D eigenvalue weighted by Crippen LogP contribution is -2.28. The minimum absolute atomic E-state index is 0.382. The third kappa shape index (κ3) is 2.74. The van der Waals surface area contributed by atoms with Crippen LogP contribution in [0.15, 0.2) is 6.20 Å². The highest BCUT2D eigenvalue weighted by atomic mass is 32.1. The summed E-state index contributed by atoms with van der Waals surface area (Å²) in [6, 6.07) is 0.382. The van der Waals surface area contributed by atoms with Gasteiger partial charge in [-0.05, 0) is 30.9 Å². The first-order valence-electron chi connectivity index (χ1n) is 5.50. The van der Waals surface area contributed by atoms with Crippen molar-refractivity contribution in [3.63, 3.8) is 0 Å². The van der Waals surface area contributed by atoms with Gasteiger partial charge in [-0.15, -0.1) is 5.10 Å². The number of rotatable bonds is 5. The maximum Gasteiger partial charge on any atom is 0.0669 e. The highest BCUT2D eigenvalue weighted by molar-refractivity contribution is 7.05. The number of nitrogens with one attached hydrogen (secondary N) is 1. The van der Waals surface area contributed by atoms with Gasteiger partial charge in [0.1, 0.15) is 0 Å². The molecule has 0 radical (unpaired) electrons. The van der Waals surface area contributed by atoms with E-state index in [0.29, 0.717) is 12.0 Å². The Hall–Kier alpha value is -0.520. The topological polar surface area (TPSA) is 47.0 Å². The summed E-state index contributed by atoms with van der Waals surface area (Å²) in [4.78, 5) is 1.24. The molecule has 2 rings (SSSR count). The van der Waals surface area contributed by atoms with Gasteiger partial charge < -0.3 is 10.1 Å². The lowest BCUT2D eigenvalue weighted by atomic mass is 9.98. The van der Waals surface area contributed by atoms with Gasteiger partial charge in [0, 0.05) is 18.6 Å². The minimum Gasteiger partial charge on any atom is -0.381 e. The molecule has 15 heavy (non-hydrogen) atoms. The molecule has 0 bridgehead atoms. The second kappa shape index (κ2) is 5.53. The molecule has 1 N–H and O–H groups in total. The van der Waals surface area contributed by atoms with E-state index in [-0.39, 0.29) is 0 Å². The predicted molar refractivity (Wildman–Crippen MR) is 59.9 cm³/mol. The third-order valence-corrected chi connectivity index (χ3v) is 3.48. The molecule has 1 saturated heterocycles. The number of nitrogens with zero attached hydrogens (tertiary/aromatic N) is 2. The Morgan fingerprint density at radius 3 is 3.27 bits per heavy atom. The van der Waals surface area contributed by atoms with Crippen LogP contribution in [0.1, 0.15) is 30.7 Å². The van der Waals surface area contributed by atoms with Gasteiger partial charge in [0.15, 0.2) is 0 Å². The average Bonchev–Trinajstić information content (AvgIpc) is 2.90. The molecule has 1 aliphatic heterocycles. The van der Waals surface area contributed by atoms with E-state index < -0.39 is 0 Å². The van der Waals surface area contributed by atoms with E-state index in [4.69, 9.17) is 4.74 Å². The summed E-state index contributed by atoms with van der Waals surface area (Å²) < 4.78 is 9.37. The second-order valence-corrected chi connectivity index (χ2v) is 4.69. The van der Waals surface area contributed by atoms with Crippen LogP contribution in [0.25, 0.3) is 0 Å². The fraction of sp³-hybridized carbons (Fsp3) is 0.800. The van der Waals surface area contributed by atoms with Gasteiger partial charge in [0.05, 0.1) is 17.7 Å². The number of hydrogen-bond acceptors (Lipinski definition) is 5. The largest absolute Gasteiger partial charge is 0.381 e. The van der Waals surface area contributed by atoms with Crippen molar-refractivity contribution in [1.82, 2.24) is 14.9 Å². The molecule has 1 aliphatic rings. The Morgan fingerprint density at radius 2 is 2.67 bits per heavy atom. The lowest BCUT2D eigenvalue weighted by Gasteiger charge is -2.21. The Labute approximate surface area is 94.2 Å². The molecule has 1 aromatic heterocycles. The average molecular weight is 227 g/mol. The van der Waals surface area contributed by atoms with Gasteiger partial charge in [0.25, 0.3) is 0 Å². The van der Waals surface area contributed by atoms with Crippen molar-refractivity contribution in [3.8, 4) is 0 Å². The Bertz CT molecular complexity index is 272. The summed E-state index contributed by atoms with van der Waals surface area (Å²) in [7, 11) is 0. The van der Waals surface area contributed by atoms with E-state index in [9.17, 15) is 0 Å². The van der Waals surface area contributed by atoms with E-state index in [1.165, 1.54) is 16.4 Å². The van der Waals surface area contributed by atoms with Crippen LogP contribution in [-0.2, 0) is 4.74 Å². The van der Waals surface area contributed by atoms with E-state index >= 15 is 0 Å². The number of ether oxygens (including phenoxy) is 1. The van der Waals surface area contributed by atoms with Crippen molar-refractivity contribution in [1.29, 1.82) is 0 Å². The molecular formula is C10H17N3OS. The summed E-state index contributed by atoms with van der Waals surface area (Å²) in [6.45, 7) is 4.97. The van der Waals surface area contributed by atoms with Gasteiger partial charge in [-0.2, -0.15) is 0 Å². The first kappa shape index (κ1) is 11.0. The van der Waals surface area contributed by atoms with Crippen molar-refractivity contribution in [2.75, 3.05) is 19.8 Å². The van der Waals surface area contributed by atoms with E-state index in [1.54, 1.807) is 0 Å². The molecule has 5 heteroatoms. The quantitative estimate of drug-likeness (QED) is 0.830. The Kier molecular flexibility index (Phi) is 4.05. The molecular weight excluding hydrogens is 210 g/mol. The molecule has 0 saturated carbocycles. The maximum atomic E-state index is 5.44. The zero-order valence-corrected chi connectivity index (χ0v) is 9.80. The van der Waals surface area contributed by atoms with Crippen LogP contribution in [0.2, 0.25) is 0 Å². The first-order chi connectivity index (χ1) is 7.42. The van der Waals surface area contributed by atoms with Crippen molar-refractivity contribution >= 4 is 11.5 Å².